The fourth-order valence-electron chi connectivity index (χ4n) is 3.34. The van der Waals surface area contributed by atoms with Crippen LogP contribution in [0.5, 0.6) is 5.75 Å². The van der Waals surface area contributed by atoms with Gasteiger partial charge in [0.1, 0.15) is 5.75 Å². The van der Waals surface area contributed by atoms with Crippen molar-refractivity contribution in [2.45, 2.75) is 19.8 Å². The first-order valence-electron chi connectivity index (χ1n) is 10.2. The van der Waals surface area contributed by atoms with E-state index < -0.39 is 0 Å². The third-order valence-corrected chi connectivity index (χ3v) is 4.88. The van der Waals surface area contributed by atoms with Crippen LogP contribution in [0.4, 0.5) is 0 Å². The van der Waals surface area contributed by atoms with Gasteiger partial charge in [-0.05, 0) is 42.7 Å². The number of rotatable bonds is 7. The molecule has 8 heteroatoms. The second kappa shape index (κ2) is 12.5. The molecule has 0 saturated carbocycles. The summed E-state index contributed by atoms with van der Waals surface area (Å²) < 4.78 is 10.9. The molecular formula is C22H31IN4O3. The van der Waals surface area contributed by atoms with Crippen LogP contribution in [-0.4, -0.2) is 68.0 Å². The summed E-state index contributed by atoms with van der Waals surface area (Å²) in [5.74, 6) is 2.13. The number of halogens is 1. The summed E-state index contributed by atoms with van der Waals surface area (Å²) in [5.41, 5.74) is 1.23. The van der Waals surface area contributed by atoms with Crippen LogP contribution in [0.15, 0.2) is 52.1 Å². The monoisotopic (exact) mass is 526 g/mol. The van der Waals surface area contributed by atoms with Gasteiger partial charge in [0.05, 0.1) is 12.9 Å². The van der Waals surface area contributed by atoms with Gasteiger partial charge in [0.25, 0.3) is 5.91 Å². The molecule has 0 aliphatic carbocycles. The Hall–Kier alpha value is -2.23. The van der Waals surface area contributed by atoms with E-state index in [0.717, 1.165) is 50.8 Å². The molecule has 1 fully saturated rings. The van der Waals surface area contributed by atoms with Crippen LogP contribution in [0, 0.1) is 0 Å². The maximum absolute atomic E-state index is 12.4. The van der Waals surface area contributed by atoms with Crippen molar-refractivity contribution in [3.8, 4) is 5.75 Å². The Morgan fingerprint density at radius 1 is 1.17 bits per heavy atom. The number of carbonyl (C=O) groups excluding carboxylic acids is 1. The number of ether oxygens (including phenoxy) is 1. The minimum atomic E-state index is -0.0530. The highest BCUT2D eigenvalue weighted by Gasteiger charge is 2.25. The lowest BCUT2D eigenvalue weighted by Gasteiger charge is -2.36. The Labute approximate surface area is 195 Å². The summed E-state index contributed by atoms with van der Waals surface area (Å²) in [6, 6.07) is 11.7. The second-order valence-electron chi connectivity index (χ2n) is 6.98. The topological polar surface area (TPSA) is 70.3 Å². The van der Waals surface area contributed by atoms with Crippen LogP contribution in [0.25, 0.3) is 0 Å². The van der Waals surface area contributed by atoms with Gasteiger partial charge < -0.3 is 24.3 Å². The number of guanidine groups is 1. The summed E-state index contributed by atoms with van der Waals surface area (Å²) in [7, 11) is 1.79. The number of carbonyl (C=O) groups is 1. The first-order chi connectivity index (χ1) is 14.2. The number of amides is 1. The normalized spacial score (nSPS) is 14.3. The zero-order valence-electron chi connectivity index (χ0n) is 17.7. The van der Waals surface area contributed by atoms with Gasteiger partial charge in [-0.25, -0.2) is 0 Å². The zero-order valence-corrected chi connectivity index (χ0v) is 20.0. The van der Waals surface area contributed by atoms with E-state index in [-0.39, 0.29) is 29.9 Å². The molecule has 1 saturated heterocycles. The molecule has 0 radical (unpaired) electrons. The van der Waals surface area contributed by atoms with Crippen molar-refractivity contribution in [3.05, 3.63) is 54.0 Å². The van der Waals surface area contributed by atoms with Crippen molar-refractivity contribution in [2.24, 2.45) is 4.99 Å². The number of furan rings is 1. The highest BCUT2D eigenvalue weighted by molar-refractivity contribution is 14.0. The van der Waals surface area contributed by atoms with Gasteiger partial charge in [-0.1, -0.05) is 19.1 Å². The minimum Gasteiger partial charge on any atom is -0.494 e. The second-order valence-corrected chi connectivity index (χ2v) is 6.98. The Bertz CT molecular complexity index is 802. The van der Waals surface area contributed by atoms with Gasteiger partial charge in [-0.3, -0.25) is 9.79 Å². The lowest BCUT2D eigenvalue weighted by molar-refractivity contribution is 0.0658. The van der Waals surface area contributed by atoms with Crippen molar-refractivity contribution in [3.63, 3.8) is 0 Å². The molecule has 2 heterocycles. The summed E-state index contributed by atoms with van der Waals surface area (Å²) in [6.45, 7) is 6.41. The van der Waals surface area contributed by atoms with Crippen molar-refractivity contribution in [2.75, 3.05) is 46.4 Å². The van der Waals surface area contributed by atoms with E-state index in [1.54, 1.807) is 19.2 Å². The predicted octanol–water partition coefficient (Wildman–Crippen LogP) is 3.26. The minimum absolute atomic E-state index is 0. The van der Waals surface area contributed by atoms with E-state index in [1.807, 2.05) is 17.0 Å². The SMILES string of the molecule is CCCOc1cccc(CCNC(=NC)N2CCN(C(=O)c3ccco3)CC2)c1.I. The van der Waals surface area contributed by atoms with E-state index in [9.17, 15) is 4.79 Å². The Kier molecular flexibility index (Phi) is 9.99. The van der Waals surface area contributed by atoms with Crippen LogP contribution < -0.4 is 10.1 Å². The number of benzene rings is 1. The fraction of sp³-hybridized carbons (Fsp3) is 0.455. The van der Waals surface area contributed by atoms with E-state index in [2.05, 4.69) is 34.3 Å². The Balaban J connectivity index is 0.00000320. The average molecular weight is 526 g/mol. The van der Waals surface area contributed by atoms with Gasteiger partial charge in [0.15, 0.2) is 11.7 Å². The summed E-state index contributed by atoms with van der Waals surface area (Å²) in [5, 5.41) is 3.44. The van der Waals surface area contributed by atoms with Gasteiger partial charge in [-0.15, -0.1) is 24.0 Å². The van der Waals surface area contributed by atoms with Crippen LogP contribution in [0.3, 0.4) is 0 Å². The number of aliphatic imine (C=N–C) groups is 1. The summed E-state index contributed by atoms with van der Waals surface area (Å²) in [4.78, 5) is 20.8. The molecule has 1 aromatic carbocycles. The molecule has 0 unspecified atom stereocenters. The molecule has 0 atom stereocenters. The lowest BCUT2D eigenvalue weighted by atomic mass is 10.1. The van der Waals surface area contributed by atoms with E-state index in [0.29, 0.717) is 18.8 Å². The number of nitrogens with one attached hydrogen (secondary N) is 1. The maximum atomic E-state index is 12.4. The summed E-state index contributed by atoms with van der Waals surface area (Å²) in [6.07, 6.45) is 3.42. The van der Waals surface area contributed by atoms with Crippen LogP contribution >= 0.6 is 24.0 Å². The molecule has 7 nitrogen and oxygen atoms in total. The third kappa shape index (κ3) is 6.65. The Morgan fingerprint density at radius 3 is 2.60 bits per heavy atom. The molecule has 1 amide bonds. The first-order valence-corrected chi connectivity index (χ1v) is 10.2. The number of hydrogen-bond acceptors (Lipinski definition) is 4. The van der Waals surface area contributed by atoms with E-state index >= 15 is 0 Å². The maximum Gasteiger partial charge on any atom is 0.289 e. The fourth-order valence-corrected chi connectivity index (χ4v) is 3.34. The van der Waals surface area contributed by atoms with E-state index in [1.165, 1.54) is 11.8 Å². The first kappa shape index (κ1) is 24.0. The third-order valence-electron chi connectivity index (χ3n) is 4.88. The highest BCUT2D eigenvalue weighted by atomic mass is 127. The number of nitrogens with zero attached hydrogens (tertiary/aromatic N) is 3. The van der Waals surface area contributed by atoms with Crippen LogP contribution in [0.1, 0.15) is 29.5 Å². The molecule has 0 bridgehead atoms. The van der Waals surface area contributed by atoms with Gasteiger partial charge in [0.2, 0.25) is 0 Å². The molecule has 1 aliphatic heterocycles. The number of piperazine rings is 1. The molecule has 30 heavy (non-hydrogen) atoms. The molecule has 2 aromatic rings. The molecule has 1 N–H and O–H groups in total. The molecular weight excluding hydrogens is 495 g/mol. The quantitative estimate of drug-likeness (QED) is 0.341. The van der Waals surface area contributed by atoms with Crippen molar-refractivity contribution in [1.29, 1.82) is 0 Å². The Morgan fingerprint density at radius 2 is 1.93 bits per heavy atom. The largest absolute Gasteiger partial charge is 0.494 e. The van der Waals surface area contributed by atoms with Crippen LogP contribution in [-0.2, 0) is 6.42 Å². The summed E-state index contributed by atoms with van der Waals surface area (Å²) >= 11 is 0. The van der Waals surface area contributed by atoms with Crippen LogP contribution in [0.2, 0.25) is 0 Å². The van der Waals surface area contributed by atoms with Gasteiger partial charge in [0, 0.05) is 39.8 Å². The standard InChI is InChI=1S/C22H30N4O3.HI/c1-3-15-28-19-7-4-6-18(17-19)9-10-24-22(23-2)26-13-11-25(12-14-26)21(27)20-8-5-16-29-20;/h4-8,16-17H,3,9-15H2,1-2H3,(H,23,24);1H. The highest BCUT2D eigenvalue weighted by Crippen LogP contribution is 2.14. The average Bonchev–Trinajstić information content (AvgIpc) is 3.30. The molecule has 3 rings (SSSR count). The smallest absolute Gasteiger partial charge is 0.289 e. The van der Waals surface area contributed by atoms with Crippen molar-refractivity contribution >= 4 is 35.8 Å². The molecule has 164 valence electrons. The van der Waals surface area contributed by atoms with E-state index in [4.69, 9.17) is 9.15 Å². The molecule has 1 aromatic heterocycles. The number of hydrogen-bond donors (Lipinski definition) is 1. The van der Waals surface area contributed by atoms with Gasteiger partial charge >= 0.3 is 0 Å². The van der Waals surface area contributed by atoms with Gasteiger partial charge in [-0.2, -0.15) is 0 Å². The molecule has 0 spiro atoms. The molecule has 1 aliphatic rings. The zero-order chi connectivity index (χ0) is 20.5. The van der Waals surface area contributed by atoms with Crippen molar-refractivity contribution in [1.82, 2.24) is 15.1 Å². The lowest BCUT2D eigenvalue weighted by Crippen LogP contribution is -2.54. The predicted molar refractivity (Wildman–Crippen MR) is 129 cm³/mol. The van der Waals surface area contributed by atoms with Crippen molar-refractivity contribution < 1.29 is 13.9 Å².